The second-order valence-electron chi connectivity index (χ2n) is 5.53. The summed E-state index contributed by atoms with van der Waals surface area (Å²) >= 11 is 0. The van der Waals surface area contributed by atoms with E-state index in [1.807, 2.05) is 6.07 Å². The zero-order chi connectivity index (χ0) is 14.0. The summed E-state index contributed by atoms with van der Waals surface area (Å²) in [5.41, 5.74) is 0.946. The highest BCUT2D eigenvalue weighted by Gasteiger charge is 2.32. The molecule has 1 fully saturated rings. The SMILES string of the molecule is COC1(C)CCCN(c2cccc(F)c2[C@H](C)O)C1. The number of hydrogen-bond donors (Lipinski definition) is 1. The third-order valence-corrected chi connectivity index (χ3v) is 3.94. The van der Waals surface area contributed by atoms with Crippen LogP contribution < -0.4 is 4.90 Å². The number of ether oxygens (including phenoxy) is 1. The molecule has 1 aliphatic rings. The molecule has 4 heteroatoms. The van der Waals surface area contributed by atoms with Gasteiger partial charge in [-0.15, -0.1) is 0 Å². The maximum Gasteiger partial charge on any atom is 0.131 e. The number of anilines is 1. The molecule has 0 aromatic heterocycles. The Kier molecular flexibility index (Phi) is 4.11. The molecule has 19 heavy (non-hydrogen) atoms. The molecule has 0 spiro atoms. The molecule has 0 bridgehead atoms. The van der Waals surface area contributed by atoms with Crippen molar-refractivity contribution in [3.63, 3.8) is 0 Å². The summed E-state index contributed by atoms with van der Waals surface area (Å²) in [6, 6.07) is 4.95. The average molecular weight is 267 g/mol. The summed E-state index contributed by atoms with van der Waals surface area (Å²) < 4.78 is 19.5. The van der Waals surface area contributed by atoms with Crippen LogP contribution in [0.5, 0.6) is 0 Å². The van der Waals surface area contributed by atoms with Gasteiger partial charge in [-0.25, -0.2) is 4.39 Å². The van der Waals surface area contributed by atoms with Crippen molar-refractivity contribution in [1.29, 1.82) is 0 Å². The van der Waals surface area contributed by atoms with E-state index in [2.05, 4.69) is 11.8 Å². The van der Waals surface area contributed by atoms with Crippen molar-refractivity contribution in [2.75, 3.05) is 25.1 Å². The molecule has 0 aliphatic carbocycles. The van der Waals surface area contributed by atoms with Gasteiger partial charge in [0.15, 0.2) is 0 Å². The number of benzene rings is 1. The van der Waals surface area contributed by atoms with E-state index in [4.69, 9.17) is 4.74 Å². The molecule has 1 N–H and O–H groups in total. The molecule has 1 aromatic carbocycles. The minimum absolute atomic E-state index is 0.208. The molecule has 2 atom stereocenters. The number of methoxy groups -OCH3 is 1. The van der Waals surface area contributed by atoms with E-state index in [1.54, 1.807) is 20.1 Å². The van der Waals surface area contributed by atoms with Crippen LogP contribution >= 0.6 is 0 Å². The molecule has 3 nitrogen and oxygen atoms in total. The van der Waals surface area contributed by atoms with Crippen molar-refractivity contribution in [1.82, 2.24) is 0 Å². The number of halogens is 1. The Morgan fingerprint density at radius 3 is 2.84 bits per heavy atom. The Morgan fingerprint density at radius 1 is 1.47 bits per heavy atom. The lowest BCUT2D eigenvalue weighted by molar-refractivity contribution is -0.00478. The van der Waals surface area contributed by atoms with Crippen LogP contribution in [0.2, 0.25) is 0 Å². The van der Waals surface area contributed by atoms with Crippen molar-refractivity contribution >= 4 is 5.69 Å². The second-order valence-corrected chi connectivity index (χ2v) is 5.53. The number of rotatable bonds is 3. The van der Waals surface area contributed by atoms with Crippen molar-refractivity contribution in [2.45, 2.75) is 38.4 Å². The van der Waals surface area contributed by atoms with Crippen molar-refractivity contribution < 1.29 is 14.2 Å². The van der Waals surface area contributed by atoms with E-state index in [0.29, 0.717) is 12.1 Å². The number of piperidine rings is 1. The minimum atomic E-state index is -0.813. The normalized spacial score (nSPS) is 25.4. The Morgan fingerprint density at radius 2 is 2.21 bits per heavy atom. The van der Waals surface area contributed by atoms with Gasteiger partial charge in [0.2, 0.25) is 0 Å². The van der Waals surface area contributed by atoms with Crippen LogP contribution in [0.3, 0.4) is 0 Å². The predicted octanol–water partition coefficient (Wildman–Crippen LogP) is 2.88. The third kappa shape index (κ3) is 2.90. The molecule has 1 saturated heterocycles. The maximum atomic E-state index is 13.9. The Bertz CT molecular complexity index is 450. The maximum absolute atomic E-state index is 13.9. The van der Waals surface area contributed by atoms with Crippen LogP contribution in [-0.2, 0) is 4.74 Å². The van der Waals surface area contributed by atoms with Gasteiger partial charge >= 0.3 is 0 Å². The van der Waals surface area contributed by atoms with Gasteiger partial charge < -0.3 is 14.7 Å². The number of aliphatic hydroxyl groups excluding tert-OH is 1. The Balaban J connectivity index is 2.34. The monoisotopic (exact) mass is 267 g/mol. The van der Waals surface area contributed by atoms with E-state index in [-0.39, 0.29) is 11.4 Å². The molecular weight excluding hydrogens is 245 g/mol. The van der Waals surface area contributed by atoms with Crippen LogP contribution in [-0.4, -0.2) is 30.9 Å². The standard InChI is InChI=1S/C15H22FNO2/c1-11(18)14-12(16)6-4-7-13(14)17-9-5-8-15(2,10-17)19-3/h4,6-7,11,18H,5,8-10H2,1-3H3/t11-,15?/m0/s1. The quantitative estimate of drug-likeness (QED) is 0.914. The summed E-state index contributed by atoms with van der Waals surface area (Å²) in [5.74, 6) is -0.350. The first kappa shape index (κ1) is 14.3. The van der Waals surface area contributed by atoms with E-state index in [1.165, 1.54) is 6.07 Å². The summed E-state index contributed by atoms with van der Waals surface area (Å²) in [7, 11) is 1.71. The van der Waals surface area contributed by atoms with Crippen molar-refractivity contribution in [2.24, 2.45) is 0 Å². The molecular formula is C15H22FNO2. The molecule has 0 amide bonds. The largest absolute Gasteiger partial charge is 0.389 e. The van der Waals surface area contributed by atoms with E-state index >= 15 is 0 Å². The minimum Gasteiger partial charge on any atom is -0.389 e. The zero-order valence-corrected chi connectivity index (χ0v) is 11.8. The first-order chi connectivity index (χ1) is 8.97. The van der Waals surface area contributed by atoms with Gasteiger partial charge in [0, 0.05) is 31.5 Å². The summed E-state index contributed by atoms with van der Waals surface area (Å²) in [6.45, 7) is 5.25. The summed E-state index contributed by atoms with van der Waals surface area (Å²) in [6.07, 6.45) is 1.19. The van der Waals surface area contributed by atoms with Crippen LogP contribution in [0.25, 0.3) is 0 Å². The molecule has 0 saturated carbocycles. The average Bonchev–Trinajstić information content (AvgIpc) is 2.38. The first-order valence-electron chi connectivity index (χ1n) is 6.73. The summed E-state index contributed by atoms with van der Waals surface area (Å²) in [5, 5.41) is 9.81. The highest BCUT2D eigenvalue weighted by Crippen LogP contribution is 2.33. The van der Waals surface area contributed by atoms with Crippen molar-refractivity contribution in [3.05, 3.63) is 29.6 Å². The van der Waals surface area contributed by atoms with Gasteiger partial charge in [-0.1, -0.05) is 6.07 Å². The lowest BCUT2D eigenvalue weighted by Gasteiger charge is -2.41. The van der Waals surface area contributed by atoms with Gasteiger partial charge in [0.05, 0.1) is 11.7 Å². The first-order valence-corrected chi connectivity index (χ1v) is 6.73. The molecule has 1 aromatic rings. The lowest BCUT2D eigenvalue weighted by Crippen LogP contribution is -2.47. The van der Waals surface area contributed by atoms with Crippen LogP contribution in [0.15, 0.2) is 18.2 Å². The smallest absolute Gasteiger partial charge is 0.131 e. The molecule has 1 aliphatic heterocycles. The van der Waals surface area contributed by atoms with Gasteiger partial charge in [0.1, 0.15) is 5.82 Å². The Labute approximate surface area is 114 Å². The Hall–Kier alpha value is -1.13. The predicted molar refractivity (Wildman–Crippen MR) is 73.9 cm³/mol. The van der Waals surface area contributed by atoms with Crippen LogP contribution in [0.1, 0.15) is 38.4 Å². The highest BCUT2D eigenvalue weighted by atomic mass is 19.1. The highest BCUT2D eigenvalue weighted by molar-refractivity contribution is 5.55. The number of hydrogen-bond acceptors (Lipinski definition) is 3. The molecule has 2 rings (SSSR count). The third-order valence-electron chi connectivity index (χ3n) is 3.94. The van der Waals surface area contributed by atoms with Crippen LogP contribution in [0, 0.1) is 5.82 Å². The summed E-state index contributed by atoms with van der Waals surface area (Å²) in [4.78, 5) is 2.11. The van der Waals surface area contributed by atoms with Gasteiger partial charge in [-0.2, -0.15) is 0 Å². The number of aliphatic hydroxyl groups is 1. The topological polar surface area (TPSA) is 32.7 Å². The zero-order valence-electron chi connectivity index (χ0n) is 11.8. The molecule has 106 valence electrons. The lowest BCUT2D eigenvalue weighted by atomic mass is 9.93. The molecule has 1 unspecified atom stereocenters. The van der Waals surface area contributed by atoms with E-state index in [9.17, 15) is 9.50 Å². The van der Waals surface area contributed by atoms with Gasteiger partial charge in [-0.3, -0.25) is 0 Å². The fourth-order valence-corrected chi connectivity index (χ4v) is 2.79. The second kappa shape index (κ2) is 5.47. The van der Waals surface area contributed by atoms with Crippen LogP contribution in [0.4, 0.5) is 10.1 Å². The fourth-order valence-electron chi connectivity index (χ4n) is 2.79. The molecule has 0 radical (unpaired) electrons. The number of nitrogens with zero attached hydrogens (tertiary/aromatic N) is 1. The van der Waals surface area contributed by atoms with Gasteiger partial charge in [0.25, 0.3) is 0 Å². The van der Waals surface area contributed by atoms with E-state index < -0.39 is 6.10 Å². The van der Waals surface area contributed by atoms with E-state index in [0.717, 1.165) is 25.1 Å². The fraction of sp³-hybridized carbons (Fsp3) is 0.600. The van der Waals surface area contributed by atoms with Gasteiger partial charge in [-0.05, 0) is 38.8 Å². The molecule has 1 heterocycles. The van der Waals surface area contributed by atoms with Crippen molar-refractivity contribution in [3.8, 4) is 0 Å².